The van der Waals surface area contributed by atoms with Crippen molar-refractivity contribution < 1.29 is 19.7 Å². The van der Waals surface area contributed by atoms with E-state index in [1.165, 1.54) is 32.1 Å². The molecule has 2 N–H and O–H groups in total. The van der Waals surface area contributed by atoms with E-state index in [-0.39, 0.29) is 12.2 Å². The highest BCUT2D eigenvalue weighted by atomic mass is 16.5. The number of nitrogens with zero attached hydrogens (tertiary/aromatic N) is 1. The van der Waals surface area contributed by atoms with Gasteiger partial charge in [0.2, 0.25) is 0 Å². The van der Waals surface area contributed by atoms with Gasteiger partial charge in [0.1, 0.15) is 0 Å². The minimum Gasteiger partial charge on any atom is -0.392 e. The van der Waals surface area contributed by atoms with Crippen LogP contribution in [0.5, 0.6) is 0 Å². The molecule has 2 rings (SSSR count). The normalized spacial score (nSPS) is 26.5. The first-order chi connectivity index (χ1) is 10.6. The van der Waals surface area contributed by atoms with Crippen molar-refractivity contribution in [1.29, 1.82) is 0 Å². The summed E-state index contributed by atoms with van der Waals surface area (Å²) in [5.41, 5.74) is 0. The molecule has 1 saturated heterocycles. The lowest BCUT2D eigenvalue weighted by atomic mass is 9.93. The zero-order valence-electron chi connectivity index (χ0n) is 14.0. The van der Waals surface area contributed by atoms with Gasteiger partial charge in [0.25, 0.3) is 0 Å². The molecule has 1 heterocycles. The Morgan fingerprint density at radius 2 is 1.86 bits per heavy atom. The molecule has 0 spiro atoms. The van der Waals surface area contributed by atoms with Crippen molar-refractivity contribution in [2.75, 3.05) is 32.9 Å². The summed E-state index contributed by atoms with van der Waals surface area (Å²) >= 11 is 0. The van der Waals surface area contributed by atoms with Crippen LogP contribution in [0, 0.1) is 0 Å². The first kappa shape index (κ1) is 18.1. The minimum absolute atomic E-state index is 0.208. The zero-order valence-corrected chi connectivity index (χ0v) is 14.0. The van der Waals surface area contributed by atoms with E-state index in [0.717, 1.165) is 19.4 Å². The van der Waals surface area contributed by atoms with E-state index >= 15 is 0 Å². The monoisotopic (exact) mass is 315 g/mol. The van der Waals surface area contributed by atoms with E-state index in [9.17, 15) is 10.2 Å². The Morgan fingerprint density at radius 1 is 1.09 bits per heavy atom. The summed E-state index contributed by atoms with van der Waals surface area (Å²) in [5, 5.41) is 20.0. The van der Waals surface area contributed by atoms with E-state index in [2.05, 4.69) is 4.90 Å². The number of hydrogen-bond acceptors (Lipinski definition) is 5. The van der Waals surface area contributed by atoms with Crippen LogP contribution in [-0.4, -0.2) is 72.4 Å². The molecule has 2 fully saturated rings. The largest absolute Gasteiger partial charge is 0.392 e. The van der Waals surface area contributed by atoms with Gasteiger partial charge in [-0.2, -0.15) is 0 Å². The number of rotatable bonds is 9. The Bertz CT molecular complexity index is 288. The Hall–Kier alpha value is -0.200. The molecule has 22 heavy (non-hydrogen) atoms. The molecule has 1 aliphatic carbocycles. The van der Waals surface area contributed by atoms with Gasteiger partial charge in [-0.05, 0) is 32.6 Å². The maximum Gasteiger partial charge on any atom is 0.0900 e. The summed E-state index contributed by atoms with van der Waals surface area (Å²) in [6, 6.07) is 0.496. The predicted octanol–water partition coefficient (Wildman–Crippen LogP) is 1.56. The summed E-state index contributed by atoms with van der Waals surface area (Å²) in [6.45, 7) is 4.80. The van der Waals surface area contributed by atoms with Crippen molar-refractivity contribution in [1.82, 2.24) is 4.90 Å². The topological polar surface area (TPSA) is 62.2 Å². The average Bonchev–Trinajstić information content (AvgIpc) is 3.00. The van der Waals surface area contributed by atoms with E-state index < -0.39 is 6.10 Å². The third-order valence-corrected chi connectivity index (χ3v) is 4.67. The van der Waals surface area contributed by atoms with Crippen molar-refractivity contribution in [2.45, 2.75) is 76.2 Å². The average molecular weight is 315 g/mol. The van der Waals surface area contributed by atoms with Gasteiger partial charge >= 0.3 is 0 Å². The van der Waals surface area contributed by atoms with Crippen LogP contribution in [-0.2, 0) is 9.47 Å². The van der Waals surface area contributed by atoms with Gasteiger partial charge in [-0.3, -0.25) is 4.90 Å². The van der Waals surface area contributed by atoms with E-state index in [1.54, 1.807) is 0 Å². The van der Waals surface area contributed by atoms with Crippen LogP contribution in [0.4, 0.5) is 0 Å². The van der Waals surface area contributed by atoms with Crippen LogP contribution in [0.2, 0.25) is 0 Å². The first-order valence-electron chi connectivity index (χ1n) is 8.94. The Kier molecular flexibility index (Phi) is 8.11. The SMILES string of the molecule is CC(O)CN(CC(O)COCC1CCCO1)C1CCCCC1. The molecule has 3 atom stereocenters. The van der Waals surface area contributed by atoms with Crippen molar-refractivity contribution in [3.05, 3.63) is 0 Å². The van der Waals surface area contributed by atoms with E-state index in [4.69, 9.17) is 9.47 Å². The lowest BCUT2D eigenvalue weighted by Crippen LogP contribution is -2.46. The summed E-state index contributed by atoms with van der Waals surface area (Å²) in [6.07, 6.45) is 7.70. The van der Waals surface area contributed by atoms with Gasteiger partial charge in [-0.1, -0.05) is 19.3 Å². The van der Waals surface area contributed by atoms with Crippen LogP contribution in [0.1, 0.15) is 51.9 Å². The Labute approximate surface area is 134 Å². The van der Waals surface area contributed by atoms with E-state index in [0.29, 0.717) is 32.3 Å². The van der Waals surface area contributed by atoms with Gasteiger partial charge in [0.15, 0.2) is 0 Å². The molecular weight excluding hydrogens is 282 g/mol. The molecule has 0 aromatic carbocycles. The van der Waals surface area contributed by atoms with Gasteiger partial charge in [0.05, 0.1) is 31.5 Å². The number of hydrogen-bond donors (Lipinski definition) is 2. The first-order valence-corrected chi connectivity index (χ1v) is 8.94. The summed E-state index contributed by atoms with van der Waals surface area (Å²) < 4.78 is 11.1. The van der Waals surface area contributed by atoms with Crippen LogP contribution < -0.4 is 0 Å². The maximum absolute atomic E-state index is 10.2. The third-order valence-electron chi connectivity index (χ3n) is 4.67. The Balaban J connectivity index is 1.70. The molecule has 3 unspecified atom stereocenters. The fraction of sp³-hybridized carbons (Fsp3) is 1.00. The molecule has 0 aromatic rings. The quantitative estimate of drug-likeness (QED) is 0.676. The smallest absolute Gasteiger partial charge is 0.0900 e. The fourth-order valence-electron chi connectivity index (χ4n) is 3.59. The zero-order chi connectivity index (χ0) is 15.8. The van der Waals surface area contributed by atoms with Crippen LogP contribution in [0.3, 0.4) is 0 Å². The summed E-state index contributed by atoms with van der Waals surface area (Å²) in [5.74, 6) is 0. The molecule has 0 amide bonds. The molecule has 5 nitrogen and oxygen atoms in total. The highest BCUT2D eigenvalue weighted by molar-refractivity contribution is 4.79. The van der Waals surface area contributed by atoms with Crippen LogP contribution in [0.25, 0.3) is 0 Å². The maximum atomic E-state index is 10.2. The van der Waals surface area contributed by atoms with Crippen LogP contribution >= 0.6 is 0 Å². The second-order valence-electron chi connectivity index (χ2n) is 6.92. The minimum atomic E-state index is -0.498. The van der Waals surface area contributed by atoms with Crippen molar-refractivity contribution in [3.8, 4) is 0 Å². The second kappa shape index (κ2) is 9.83. The fourth-order valence-corrected chi connectivity index (χ4v) is 3.59. The number of aliphatic hydroxyl groups is 2. The number of aliphatic hydroxyl groups excluding tert-OH is 2. The predicted molar refractivity (Wildman–Crippen MR) is 85.9 cm³/mol. The molecular formula is C17H33NO4. The van der Waals surface area contributed by atoms with Crippen molar-refractivity contribution in [3.63, 3.8) is 0 Å². The summed E-state index contributed by atoms with van der Waals surface area (Å²) in [4.78, 5) is 2.25. The van der Waals surface area contributed by atoms with Gasteiger partial charge in [-0.25, -0.2) is 0 Å². The Morgan fingerprint density at radius 3 is 2.50 bits per heavy atom. The van der Waals surface area contributed by atoms with E-state index in [1.807, 2.05) is 6.92 Å². The molecule has 0 bridgehead atoms. The molecule has 0 aromatic heterocycles. The lowest BCUT2D eigenvalue weighted by molar-refractivity contribution is -0.0343. The highest BCUT2D eigenvalue weighted by Crippen LogP contribution is 2.23. The third kappa shape index (κ3) is 6.50. The molecule has 5 heteroatoms. The van der Waals surface area contributed by atoms with Crippen molar-refractivity contribution >= 4 is 0 Å². The highest BCUT2D eigenvalue weighted by Gasteiger charge is 2.24. The van der Waals surface area contributed by atoms with Gasteiger partial charge in [0, 0.05) is 25.7 Å². The molecule has 1 saturated carbocycles. The molecule has 0 radical (unpaired) electrons. The number of ether oxygens (including phenoxy) is 2. The van der Waals surface area contributed by atoms with Crippen molar-refractivity contribution in [2.24, 2.45) is 0 Å². The molecule has 1 aliphatic heterocycles. The molecule has 2 aliphatic rings. The van der Waals surface area contributed by atoms with Gasteiger partial charge in [-0.15, -0.1) is 0 Å². The summed E-state index contributed by atoms with van der Waals surface area (Å²) in [7, 11) is 0. The van der Waals surface area contributed by atoms with Crippen LogP contribution in [0.15, 0.2) is 0 Å². The standard InChI is InChI=1S/C17H33NO4/c1-14(19)10-18(15-6-3-2-4-7-15)11-16(20)12-21-13-17-8-5-9-22-17/h14-17,19-20H,2-13H2,1H3. The van der Waals surface area contributed by atoms with Gasteiger partial charge < -0.3 is 19.7 Å². The molecule has 130 valence electrons. The lowest BCUT2D eigenvalue weighted by Gasteiger charge is -2.36. The second-order valence-corrected chi connectivity index (χ2v) is 6.92.